The number of para-hydroxylation sites is 2. The van der Waals surface area contributed by atoms with E-state index in [2.05, 4.69) is 29.7 Å². The molecule has 224 valence electrons. The summed E-state index contributed by atoms with van der Waals surface area (Å²) in [5.74, 6) is 1.26. The first kappa shape index (κ1) is 30.8. The zero-order valence-electron chi connectivity index (χ0n) is 25.3. The molecule has 2 aromatic rings. The minimum atomic E-state index is -0.600. The fraction of sp³-hybridized carbons (Fsp3) is 0.576. The first-order chi connectivity index (χ1) is 19.7. The number of piperidine rings is 1. The number of hydrogen-bond acceptors (Lipinski definition) is 6. The van der Waals surface area contributed by atoms with E-state index in [-0.39, 0.29) is 24.0 Å². The van der Waals surface area contributed by atoms with Crippen LogP contribution in [0, 0.1) is 5.92 Å². The highest BCUT2D eigenvalue weighted by Crippen LogP contribution is 2.50. The molecule has 2 aliphatic rings. The molecule has 2 heterocycles. The number of amides is 2. The molecule has 0 saturated carbocycles. The van der Waals surface area contributed by atoms with Crippen molar-refractivity contribution in [1.82, 2.24) is 15.5 Å². The number of hydrogen-bond donors (Lipinski definition) is 2. The van der Waals surface area contributed by atoms with E-state index >= 15 is 0 Å². The van der Waals surface area contributed by atoms with E-state index in [0.717, 1.165) is 54.9 Å². The molecule has 0 radical (unpaired) electrons. The number of likely N-dealkylation sites (tertiary alicyclic amines) is 1. The van der Waals surface area contributed by atoms with Crippen molar-refractivity contribution in [3.8, 4) is 11.5 Å². The minimum absolute atomic E-state index is 0.0273. The third-order valence-corrected chi connectivity index (χ3v) is 7.95. The van der Waals surface area contributed by atoms with E-state index < -0.39 is 11.0 Å². The first-order valence-electron chi connectivity index (χ1n) is 15.0. The summed E-state index contributed by atoms with van der Waals surface area (Å²) >= 11 is 0. The van der Waals surface area contributed by atoms with Crippen molar-refractivity contribution in [2.45, 2.75) is 76.9 Å². The first-order valence-corrected chi connectivity index (χ1v) is 15.0. The van der Waals surface area contributed by atoms with Crippen LogP contribution in [0.15, 0.2) is 48.5 Å². The van der Waals surface area contributed by atoms with Gasteiger partial charge >= 0.3 is 6.09 Å². The van der Waals surface area contributed by atoms with Crippen molar-refractivity contribution in [1.29, 1.82) is 0 Å². The predicted molar refractivity (Wildman–Crippen MR) is 160 cm³/mol. The van der Waals surface area contributed by atoms with Crippen molar-refractivity contribution in [2.75, 3.05) is 39.9 Å². The molecule has 2 amide bonds. The molecule has 1 fully saturated rings. The fourth-order valence-electron chi connectivity index (χ4n) is 6.03. The van der Waals surface area contributed by atoms with E-state index in [0.29, 0.717) is 32.7 Å². The van der Waals surface area contributed by atoms with E-state index in [1.54, 1.807) is 12.0 Å². The molecule has 0 aliphatic carbocycles. The Kier molecular flexibility index (Phi) is 10.3. The molecule has 0 spiro atoms. The molecule has 41 heavy (non-hydrogen) atoms. The molecule has 2 aliphatic heterocycles. The molecule has 1 saturated heterocycles. The van der Waals surface area contributed by atoms with Crippen LogP contribution in [0.5, 0.6) is 11.5 Å². The molecule has 2 aromatic carbocycles. The van der Waals surface area contributed by atoms with Gasteiger partial charge in [0.15, 0.2) is 0 Å². The Morgan fingerprint density at radius 1 is 1.02 bits per heavy atom. The third kappa shape index (κ3) is 7.60. The highest BCUT2D eigenvalue weighted by atomic mass is 16.6. The number of benzene rings is 2. The summed E-state index contributed by atoms with van der Waals surface area (Å²) in [6.07, 6.45) is 3.97. The van der Waals surface area contributed by atoms with Gasteiger partial charge in [-0.1, -0.05) is 43.3 Å². The monoisotopic (exact) mass is 565 g/mol. The number of rotatable bonds is 11. The number of nitrogens with one attached hydrogen (secondary N) is 2. The normalized spacial score (nSPS) is 19.5. The maximum Gasteiger partial charge on any atom is 0.410 e. The van der Waals surface area contributed by atoms with Crippen molar-refractivity contribution >= 4 is 12.0 Å². The van der Waals surface area contributed by atoms with Gasteiger partial charge in [0.05, 0.1) is 5.92 Å². The lowest BCUT2D eigenvalue weighted by molar-refractivity contribution is -0.127. The number of unbranched alkanes of at least 4 members (excludes halogenated alkanes) is 1. The van der Waals surface area contributed by atoms with Crippen molar-refractivity contribution in [2.24, 2.45) is 5.92 Å². The number of carbonyl (C=O) groups is 2. The number of nitrogens with zero attached hydrogens (tertiary/aromatic N) is 1. The average molecular weight is 566 g/mol. The Morgan fingerprint density at radius 3 is 2.29 bits per heavy atom. The molecule has 8 heteroatoms. The van der Waals surface area contributed by atoms with Gasteiger partial charge < -0.3 is 29.7 Å². The SMILES string of the molecule is CCCNC1CC(C(=O)NCC2(CCCCOC)c3ccccc3Oc3ccccc32)CN(C(=O)OC(C)(C)C)C1. The van der Waals surface area contributed by atoms with E-state index in [1.165, 1.54) is 0 Å². The summed E-state index contributed by atoms with van der Waals surface area (Å²) in [6.45, 7) is 10.5. The van der Waals surface area contributed by atoms with Crippen LogP contribution < -0.4 is 15.4 Å². The van der Waals surface area contributed by atoms with Gasteiger partial charge in [0.1, 0.15) is 17.1 Å². The minimum Gasteiger partial charge on any atom is -0.457 e. The Balaban J connectivity index is 1.58. The van der Waals surface area contributed by atoms with E-state index in [4.69, 9.17) is 14.2 Å². The Labute approximate surface area is 245 Å². The van der Waals surface area contributed by atoms with Crippen LogP contribution in [0.2, 0.25) is 0 Å². The fourth-order valence-corrected chi connectivity index (χ4v) is 6.03. The molecule has 2 unspecified atom stereocenters. The molecule has 0 bridgehead atoms. The second-order valence-electron chi connectivity index (χ2n) is 12.3. The van der Waals surface area contributed by atoms with Gasteiger partial charge in [-0.3, -0.25) is 4.79 Å². The second kappa shape index (κ2) is 13.7. The number of methoxy groups -OCH3 is 1. The quantitative estimate of drug-likeness (QED) is 0.343. The lowest BCUT2D eigenvalue weighted by atomic mass is 9.69. The lowest BCUT2D eigenvalue weighted by Crippen LogP contribution is -2.56. The van der Waals surface area contributed by atoms with Gasteiger partial charge in [0.2, 0.25) is 5.91 Å². The van der Waals surface area contributed by atoms with Gasteiger partial charge in [-0.25, -0.2) is 4.79 Å². The molecule has 4 rings (SSSR count). The van der Waals surface area contributed by atoms with Crippen molar-refractivity contribution in [3.05, 3.63) is 59.7 Å². The molecule has 2 atom stereocenters. The lowest BCUT2D eigenvalue weighted by Gasteiger charge is -2.42. The van der Waals surface area contributed by atoms with Crippen LogP contribution in [0.1, 0.15) is 70.9 Å². The number of ether oxygens (including phenoxy) is 3. The summed E-state index contributed by atoms with van der Waals surface area (Å²) in [5, 5.41) is 6.86. The highest BCUT2D eigenvalue weighted by Gasteiger charge is 2.43. The van der Waals surface area contributed by atoms with Crippen LogP contribution in [-0.2, 0) is 19.7 Å². The summed E-state index contributed by atoms with van der Waals surface area (Å²) in [5.41, 5.74) is 1.11. The predicted octanol–water partition coefficient (Wildman–Crippen LogP) is 5.64. The summed E-state index contributed by atoms with van der Waals surface area (Å²) in [6, 6.07) is 16.3. The van der Waals surface area contributed by atoms with Gasteiger partial charge in [0, 0.05) is 55.9 Å². The summed E-state index contributed by atoms with van der Waals surface area (Å²) in [4.78, 5) is 28.6. The van der Waals surface area contributed by atoms with Crippen LogP contribution in [0.25, 0.3) is 0 Å². The van der Waals surface area contributed by atoms with Crippen LogP contribution in [0.3, 0.4) is 0 Å². The Morgan fingerprint density at radius 2 is 1.68 bits per heavy atom. The van der Waals surface area contributed by atoms with Gasteiger partial charge in [-0.2, -0.15) is 0 Å². The molecule has 2 N–H and O–H groups in total. The van der Waals surface area contributed by atoms with Crippen molar-refractivity contribution in [3.63, 3.8) is 0 Å². The largest absolute Gasteiger partial charge is 0.457 e. The van der Waals surface area contributed by atoms with E-state index in [9.17, 15) is 9.59 Å². The summed E-state index contributed by atoms with van der Waals surface area (Å²) < 4.78 is 17.3. The van der Waals surface area contributed by atoms with Gasteiger partial charge in [0.25, 0.3) is 0 Å². The van der Waals surface area contributed by atoms with Gasteiger partial charge in [-0.15, -0.1) is 0 Å². The molecular weight excluding hydrogens is 518 g/mol. The molecule has 8 nitrogen and oxygen atoms in total. The Hall–Kier alpha value is -3.10. The summed E-state index contributed by atoms with van der Waals surface area (Å²) in [7, 11) is 1.72. The number of carbonyl (C=O) groups excluding carboxylic acids is 2. The van der Waals surface area contributed by atoms with Crippen LogP contribution in [-0.4, -0.2) is 68.4 Å². The zero-order chi connectivity index (χ0) is 29.5. The zero-order valence-corrected chi connectivity index (χ0v) is 25.3. The molecule has 0 aromatic heterocycles. The van der Waals surface area contributed by atoms with Crippen molar-refractivity contribution < 1.29 is 23.8 Å². The maximum absolute atomic E-state index is 13.9. The van der Waals surface area contributed by atoms with Crippen LogP contribution in [0.4, 0.5) is 4.79 Å². The third-order valence-electron chi connectivity index (χ3n) is 7.95. The second-order valence-corrected chi connectivity index (χ2v) is 12.3. The van der Waals surface area contributed by atoms with Gasteiger partial charge in [-0.05, 0) is 71.6 Å². The smallest absolute Gasteiger partial charge is 0.410 e. The average Bonchev–Trinajstić information content (AvgIpc) is 2.95. The Bertz CT molecular complexity index is 1130. The maximum atomic E-state index is 13.9. The van der Waals surface area contributed by atoms with Crippen LogP contribution >= 0.6 is 0 Å². The number of fused-ring (bicyclic) bond motifs is 2. The molecular formula is C33H47N3O5. The topological polar surface area (TPSA) is 89.1 Å². The highest BCUT2D eigenvalue weighted by molar-refractivity contribution is 5.80. The van der Waals surface area contributed by atoms with E-state index in [1.807, 2.05) is 57.2 Å². The standard InChI is InChI=1S/C33H47N3O5/c1-6-18-34-25-20-24(21-36(22-25)31(38)41-32(2,3)4)30(37)35-23-33(17-11-12-19-39-5)26-13-7-9-15-28(26)40-29-16-10-8-14-27(29)33/h7-10,13-16,24-25,34H,6,11-12,17-23H2,1-5H3,(H,35,37).